The Morgan fingerprint density at radius 2 is 2.00 bits per heavy atom. The summed E-state index contributed by atoms with van der Waals surface area (Å²) in [6.07, 6.45) is 2.90. The Morgan fingerprint density at radius 3 is 2.56 bits per heavy atom. The van der Waals surface area contributed by atoms with E-state index in [1.807, 2.05) is 23.6 Å². The molecule has 18 heavy (non-hydrogen) atoms. The highest BCUT2D eigenvalue weighted by Gasteiger charge is 2.26. The highest BCUT2D eigenvalue weighted by Crippen LogP contribution is 2.21. The van der Waals surface area contributed by atoms with Crippen molar-refractivity contribution in [3.8, 4) is 0 Å². The zero-order valence-electron chi connectivity index (χ0n) is 11.4. The molecule has 5 nitrogen and oxygen atoms in total. The van der Waals surface area contributed by atoms with Crippen molar-refractivity contribution in [1.82, 2.24) is 9.80 Å². The number of piperidine rings is 1. The largest absolute Gasteiger partial charge is 0.481 e. The summed E-state index contributed by atoms with van der Waals surface area (Å²) in [5.74, 6) is -0.406. The maximum Gasteiger partial charge on any atom is 0.319 e. The first kappa shape index (κ1) is 14.8. The Kier molecular flexibility index (Phi) is 5.95. The van der Waals surface area contributed by atoms with Crippen molar-refractivity contribution in [2.75, 3.05) is 26.2 Å². The SMILES string of the molecule is CCN(CC)C(=O)N1CCCC(CCC(=O)O)C1. The molecule has 5 heteroatoms. The number of hydrogen-bond acceptors (Lipinski definition) is 2. The van der Waals surface area contributed by atoms with Crippen LogP contribution in [-0.2, 0) is 4.79 Å². The van der Waals surface area contributed by atoms with Crippen molar-refractivity contribution in [3.63, 3.8) is 0 Å². The van der Waals surface area contributed by atoms with E-state index in [0.29, 0.717) is 18.9 Å². The number of carbonyl (C=O) groups excluding carboxylic acids is 1. The molecule has 1 aliphatic rings. The van der Waals surface area contributed by atoms with Crippen LogP contribution in [0.4, 0.5) is 4.79 Å². The predicted molar refractivity (Wildman–Crippen MR) is 69.5 cm³/mol. The average molecular weight is 256 g/mol. The molecule has 104 valence electrons. The van der Waals surface area contributed by atoms with Gasteiger partial charge in [-0.15, -0.1) is 0 Å². The molecule has 0 aromatic heterocycles. The van der Waals surface area contributed by atoms with Crippen LogP contribution < -0.4 is 0 Å². The summed E-state index contributed by atoms with van der Waals surface area (Å²) in [6.45, 7) is 6.93. The second kappa shape index (κ2) is 7.24. The maximum atomic E-state index is 12.2. The van der Waals surface area contributed by atoms with Gasteiger partial charge in [-0.3, -0.25) is 4.79 Å². The van der Waals surface area contributed by atoms with Crippen LogP contribution in [0.5, 0.6) is 0 Å². The quantitative estimate of drug-likeness (QED) is 0.818. The maximum absolute atomic E-state index is 12.2. The van der Waals surface area contributed by atoms with Gasteiger partial charge in [-0.1, -0.05) is 0 Å². The molecule has 1 atom stereocenters. The van der Waals surface area contributed by atoms with Gasteiger partial charge in [0.05, 0.1) is 0 Å². The number of likely N-dealkylation sites (tertiary alicyclic amines) is 1. The van der Waals surface area contributed by atoms with Gasteiger partial charge in [0.1, 0.15) is 0 Å². The smallest absolute Gasteiger partial charge is 0.319 e. The summed E-state index contributed by atoms with van der Waals surface area (Å²) in [5.41, 5.74) is 0. The molecule has 1 unspecified atom stereocenters. The van der Waals surface area contributed by atoms with E-state index >= 15 is 0 Å². The summed E-state index contributed by atoms with van der Waals surface area (Å²) in [5, 5.41) is 8.69. The first-order valence-corrected chi connectivity index (χ1v) is 6.84. The molecule has 1 N–H and O–H groups in total. The molecule has 1 heterocycles. The van der Waals surface area contributed by atoms with E-state index in [2.05, 4.69) is 0 Å². The molecular formula is C13H24N2O3. The van der Waals surface area contributed by atoms with Crippen molar-refractivity contribution in [1.29, 1.82) is 0 Å². The summed E-state index contributed by atoms with van der Waals surface area (Å²) in [4.78, 5) is 26.4. The number of aliphatic carboxylic acids is 1. The fourth-order valence-electron chi connectivity index (χ4n) is 2.50. The van der Waals surface area contributed by atoms with Crippen LogP contribution in [0, 0.1) is 5.92 Å². The van der Waals surface area contributed by atoms with Crippen molar-refractivity contribution >= 4 is 12.0 Å². The predicted octanol–water partition coefficient (Wildman–Crippen LogP) is 2.03. The van der Waals surface area contributed by atoms with E-state index in [1.165, 1.54) is 0 Å². The van der Waals surface area contributed by atoms with Crippen LogP contribution in [-0.4, -0.2) is 53.1 Å². The summed E-state index contributed by atoms with van der Waals surface area (Å²) < 4.78 is 0. The Labute approximate surface area is 109 Å². The molecule has 1 fully saturated rings. The first-order chi connectivity index (χ1) is 8.58. The van der Waals surface area contributed by atoms with E-state index in [9.17, 15) is 9.59 Å². The third-order valence-electron chi connectivity index (χ3n) is 3.59. The molecule has 1 aliphatic heterocycles. The Morgan fingerprint density at radius 1 is 1.33 bits per heavy atom. The highest BCUT2D eigenvalue weighted by molar-refractivity contribution is 5.74. The number of rotatable bonds is 5. The molecule has 0 aromatic carbocycles. The van der Waals surface area contributed by atoms with Gasteiger partial charge in [0.2, 0.25) is 0 Å². The van der Waals surface area contributed by atoms with Gasteiger partial charge in [0.15, 0.2) is 0 Å². The van der Waals surface area contributed by atoms with Gasteiger partial charge in [0.25, 0.3) is 0 Å². The lowest BCUT2D eigenvalue weighted by atomic mass is 9.93. The van der Waals surface area contributed by atoms with Crippen molar-refractivity contribution in [2.24, 2.45) is 5.92 Å². The Bertz CT molecular complexity index is 290. The van der Waals surface area contributed by atoms with E-state index in [1.54, 1.807) is 0 Å². The fraction of sp³-hybridized carbons (Fsp3) is 0.846. The molecule has 1 rings (SSSR count). The summed E-state index contributed by atoms with van der Waals surface area (Å²) in [6, 6.07) is 0.0972. The van der Waals surface area contributed by atoms with Crippen LogP contribution in [0.3, 0.4) is 0 Å². The van der Waals surface area contributed by atoms with E-state index < -0.39 is 5.97 Å². The number of carbonyl (C=O) groups is 2. The van der Waals surface area contributed by atoms with Gasteiger partial charge in [0, 0.05) is 32.6 Å². The number of nitrogens with zero attached hydrogens (tertiary/aromatic N) is 2. The minimum absolute atomic E-state index is 0.0972. The van der Waals surface area contributed by atoms with Crippen LogP contribution in [0.15, 0.2) is 0 Å². The third-order valence-corrected chi connectivity index (χ3v) is 3.59. The second-order valence-corrected chi connectivity index (χ2v) is 4.84. The second-order valence-electron chi connectivity index (χ2n) is 4.84. The van der Waals surface area contributed by atoms with E-state index in [-0.39, 0.29) is 12.5 Å². The van der Waals surface area contributed by atoms with Gasteiger partial charge < -0.3 is 14.9 Å². The molecule has 1 saturated heterocycles. The Balaban J connectivity index is 2.47. The molecule has 2 amide bonds. The monoisotopic (exact) mass is 256 g/mol. The van der Waals surface area contributed by atoms with Crippen molar-refractivity contribution in [3.05, 3.63) is 0 Å². The van der Waals surface area contributed by atoms with Crippen molar-refractivity contribution < 1.29 is 14.7 Å². The standard InChI is InChI=1S/C13H24N2O3/c1-3-14(4-2)13(18)15-9-5-6-11(10-15)7-8-12(16)17/h11H,3-10H2,1-2H3,(H,16,17). The number of carboxylic acid groups (broad SMARTS) is 1. The van der Waals surface area contributed by atoms with Crippen LogP contribution in [0.2, 0.25) is 0 Å². The number of urea groups is 1. The highest BCUT2D eigenvalue weighted by atomic mass is 16.4. The first-order valence-electron chi connectivity index (χ1n) is 6.84. The molecule has 0 bridgehead atoms. The van der Waals surface area contributed by atoms with Crippen LogP contribution in [0.25, 0.3) is 0 Å². The zero-order chi connectivity index (χ0) is 13.5. The third kappa shape index (κ3) is 4.20. The van der Waals surface area contributed by atoms with Gasteiger partial charge >= 0.3 is 12.0 Å². The van der Waals surface area contributed by atoms with Crippen LogP contribution >= 0.6 is 0 Å². The van der Waals surface area contributed by atoms with Gasteiger partial charge in [-0.25, -0.2) is 4.79 Å². The number of hydrogen-bond donors (Lipinski definition) is 1. The van der Waals surface area contributed by atoms with Crippen molar-refractivity contribution in [2.45, 2.75) is 39.5 Å². The normalized spacial score (nSPS) is 19.7. The summed E-state index contributed by atoms with van der Waals surface area (Å²) in [7, 11) is 0. The molecule has 0 aliphatic carbocycles. The minimum Gasteiger partial charge on any atom is -0.481 e. The Hall–Kier alpha value is -1.26. The zero-order valence-corrected chi connectivity index (χ0v) is 11.4. The minimum atomic E-state index is -0.748. The number of carboxylic acids is 1. The van der Waals surface area contributed by atoms with Gasteiger partial charge in [-0.2, -0.15) is 0 Å². The van der Waals surface area contributed by atoms with Crippen LogP contribution in [0.1, 0.15) is 39.5 Å². The lowest BCUT2D eigenvalue weighted by Gasteiger charge is -2.35. The fourth-order valence-corrected chi connectivity index (χ4v) is 2.50. The number of amides is 2. The molecule has 0 aromatic rings. The molecule has 0 radical (unpaired) electrons. The molecule has 0 spiro atoms. The summed E-state index contributed by atoms with van der Waals surface area (Å²) >= 11 is 0. The van der Waals surface area contributed by atoms with Gasteiger partial charge in [-0.05, 0) is 39.0 Å². The lowest BCUT2D eigenvalue weighted by molar-refractivity contribution is -0.137. The molecule has 0 saturated carbocycles. The van der Waals surface area contributed by atoms with E-state index in [4.69, 9.17) is 5.11 Å². The topological polar surface area (TPSA) is 60.9 Å². The lowest BCUT2D eigenvalue weighted by Crippen LogP contribution is -2.47. The molecular weight excluding hydrogens is 232 g/mol. The van der Waals surface area contributed by atoms with E-state index in [0.717, 1.165) is 32.5 Å². The average Bonchev–Trinajstić information content (AvgIpc) is 2.38.